The molecule has 2 aliphatic heterocycles. The predicted molar refractivity (Wildman–Crippen MR) is 143 cm³/mol. The van der Waals surface area contributed by atoms with Gasteiger partial charge in [-0.15, -0.1) is 0 Å². The monoisotopic (exact) mass is 530 g/mol. The molecule has 2 amide bonds. The van der Waals surface area contributed by atoms with Gasteiger partial charge >= 0.3 is 0 Å². The Bertz CT molecular complexity index is 1100. The molecule has 2 N–H and O–H groups in total. The molecule has 7 nitrogen and oxygen atoms in total. The molecule has 0 radical (unpaired) electrons. The first kappa shape index (κ1) is 27.5. The summed E-state index contributed by atoms with van der Waals surface area (Å²) in [7, 11) is 0. The van der Waals surface area contributed by atoms with Gasteiger partial charge in [-0.25, -0.2) is 4.39 Å². The van der Waals surface area contributed by atoms with Crippen LogP contribution in [0.1, 0.15) is 57.7 Å². The lowest BCUT2D eigenvalue weighted by Gasteiger charge is -2.37. The zero-order valence-corrected chi connectivity index (χ0v) is 22.3. The van der Waals surface area contributed by atoms with E-state index in [2.05, 4.69) is 40.3 Å². The fraction of sp³-hybridized carbons (Fsp3) is 0.500. The van der Waals surface area contributed by atoms with E-state index in [1.807, 2.05) is 12.1 Å². The third kappa shape index (κ3) is 7.29. The Kier molecular flexibility index (Phi) is 9.54. The molecule has 9 heteroatoms. The zero-order valence-electron chi connectivity index (χ0n) is 21.6. The summed E-state index contributed by atoms with van der Waals surface area (Å²) < 4.78 is 18.8. The SMILES string of the molecule is Cc1cc(C(=O)NCCN2CCOCC2)ccc1C(C)N1CCC(NC(=O)c2ccc(F)c(Cl)c2)CC1. The zero-order chi connectivity index (χ0) is 26.4. The van der Waals surface area contributed by atoms with Crippen molar-refractivity contribution in [2.45, 2.75) is 38.8 Å². The maximum atomic E-state index is 13.4. The average molecular weight is 531 g/mol. The smallest absolute Gasteiger partial charge is 0.251 e. The van der Waals surface area contributed by atoms with E-state index < -0.39 is 5.82 Å². The summed E-state index contributed by atoms with van der Waals surface area (Å²) in [4.78, 5) is 29.9. The largest absolute Gasteiger partial charge is 0.379 e. The van der Waals surface area contributed by atoms with Crippen LogP contribution in [0.2, 0.25) is 5.02 Å². The number of likely N-dealkylation sites (tertiary alicyclic amines) is 1. The topological polar surface area (TPSA) is 73.9 Å². The molecule has 200 valence electrons. The van der Waals surface area contributed by atoms with Gasteiger partial charge in [-0.3, -0.25) is 19.4 Å². The first-order valence-corrected chi connectivity index (χ1v) is 13.4. The third-order valence-corrected chi connectivity index (χ3v) is 7.68. The number of hydrogen-bond acceptors (Lipinski definition) is 5. The van der Waals surface area contributed by atoms with Gasteiger partial charge in [0.1, 0.15) is 5.82 Å². The number of amides is 2. The van der Waals surface area contributed by atoms with Crippen LogP contribution in [0.4, 0.5) is 4.39 Å². The van der Waals surface area contributed by atoms with Crippen LogP contribution < -0.4 is 10.6 Å². The highest BCUT2D eigenvalue weighted by molar-refractivity contribution is 6.31. The molecule has 4 rings (SSSR count). The summed E-state index contributed by atoms with van der Waals surface area (Å²) in [6.07, 6.45) is 1.65. The molecule has 2 aliphatic rings. The Balaban J connectivity index is 1.25. The van der Waals surface area contributed by atoms with Gasteiger partial charge in [-0.1, -0.05) is 17.7 Å². The summed E-state index contributed by atoms with van der Waals surface area (Å²) >= 11 is 5.81. The van der Waals surface area contributed by atoms with Crippen LogP contribution in [0.5, 0.6) is 0 Å². The number of halogens is 2. The lowest BCUT2D eigenvalue weighted by atomic mass is 9.95. The van der Waals surface area contributed by atoms with Crippen LogP contribution >= 0.6 is 11.6 Å². The summed E-state index contributed by atoms with van der Waals surface area (Å²) in [5.41, 5.74) is 3.34. The number of carbonyl (C=O) groups excluding carboxylic acids is 2. The number of carbonyl (C=O) groups is 2. The fourth-order valence-electron chi connectivity index (χ4n) is 5.07. The number of aryl methyl sites for hydroxylation is 1. The van der Waals surface area contributed by atoms with Gasteiger partial charge in [0.05, 0.1) is 18.2 Å². The van der Waals surface area contributed by atoms with E-state index in [0.29, 0.717) is 17.7 Å². The number of benzene rings is 2. The molecular weight excluding hydrogens is 495 g/mol. The number of hydrogen-bond donors (Lipinski definition) is 2. The van der Waals surface area contributed by atoms with Crippen molar-refractivity contribution in [3.8, 4) is 0 Å². The van der Waals surface area contributed by atoms with Crippen LogP contribution in [-0.4, -0.2) is 80.1 Å². The number of nitrogens with zero attached hydrogens (tertiary/aromatic N) is 2. The molecule has 1 unspecified atom stereocenters. The van der Waals surface area contributed by atoms with Gasteiger partial charge in [-0.05, 0) is 68.1 Å². The van der Waals surface area contributed by atoms with Crippen molar-refractivity contribution in [3.05, 3.63) is 69.5 Å². The molecule has 0 spiro atoms. The van der Waals surface area contributed by atoms with Crippen molar-refractivity contribution in [2.75, 3.05) is 52.5 Å². The molecule has 2 fully saturated rings. The Morgan fingerprint density at radius 1 is 1.05 bits per heavy atom. The molecule has 0 saturated carbocycles. The summed E-state index contributed by atoms with van der Waals surface area (Å²) in [5.74, 6) is -0.814. The molecule has 0 aliphatic carbocycles. The van der Waals surface area contributed by atoms with E-state index in [4.69, 9.17) is 16.3 Å². The average Bonchev–Trinajstić information content (AvgIpc) is 2.90. The van der Waals surface area contributed by atoms with Gasteiger partial charge < -0.3 is 15.4 Å². The number of morpholine rings is 1. The van der Waals surface area contributed by atoms with Crippen molar-refractivity contribution in [2.24, 2.45) is 0 Å². The van der Waals surface area contributed by atoms with Crippen molar-refractivity contribution in [1.29, 1.82) is 0 Å². The molecular formula is C28H36ClFN4O3. The third-order valence-electron chi connectivity index (χ3n) is 7.39. The predicted octanol–water partition coefficient (Wildman–Crippen LogP) is 3.80. The first-order valence-electron chi connectivity index (χ1n) is 13.0. The molecule has 0 aromatic heterocycles. The Labute approximate surface area is 223 Å². The minimum absolute atomic E-state index is 0.0467. The lowest BCUT2D eigenvalue weighted by molar-refractivity contribution is 0.0383. The molecule has 1 atom stereocenters. The van der Waals surface area contributed by atoms with Gasteiger partial charge in [-0.2, -0.15) is 0 Å². The van der Waals surface area contributed by atoms with Crippen LogP contribution in [0.15, 0.2) is 36.4 Å². The maximum Gasteiger partial charge on any atom is 0.251 e. The first-order chi connectivity index (χ1) is 17.8. The molecule has 37 heavy (non-hydrogen) atoms. The summed E-state index contributed by atoms with van der Waals surface area (Å²) in [6.45, 7) is 10.7. The number of piperidine rings is 1. The number of nitrogens with one attached hydrogen (secondary N) is 2. The highest BCUT2D eigenvalue weighted by Gasteiger charge is 2.26. The van der Waals surface area contributed by atoms with E-state index >= 15 is 0 Å². The van der Waals surface area contributed by atoms with Crippen LogP contribution in [0, 0.1) is 12.7 Å². The molecule has 2 saturated heterocycles. The maximum absolute atomic E-state index is 13.4. The van der Waals surface area contributed by atoms with Crippen molar-refractivity contribution < 1.29 is 18.7 Å². The van der Waals surface area contributed by atoms with E-state index in [1.54, 1.807) is 0 Å². The van der Waals surface area contributed by atoms with E-state index in [1.165, 1.54) is 23.8 Å². The lowest BCUT2D eigenvalue weighted by Crippen LogP contribution is -2.45. The van der Waals surface area contributed by atoms with Crippen LogP contribution in [0.3, 0.4) is 0 Å². The van der Waals surface area contributed by atoms with E-state index in [9.17, 15) is 14.0 Å². The molecule has 2 aromatic rings. The number of rotatable bonds is 8. The fourth-order valence-corrected chi connectivity index (χ4v) is 5.25. The highest BCUT2D eigenvalue weighted by atomic mass is 35.5. The highest BCUT2D eigenvalue weighted by Crippen LogP contribution is 2.27. The Hall–Kier alpha value is -2.52. The van der Waals surface area contributed by atoms with Crippen LogP contribution in [0.25, 0.3) is 0 Å². The molecule has 2 aromatic carbocycles. The molecule has 2 heterocycles. The van der Waals surface area contributed by atoms with Crippen molar-refractivity contribution in [1.82, 2.24) is 20.4 Å². The number of ether oxygens (including phenoxy) is 1. The van der Waals surface area contributed by atoms with Gasteiger partial charge in [0.15, 0.2) is 0 Å². The van der Waals surface area contributed by atoms with E-state index in [0.717, 1.165) is 64.3 Å². The van der Waals surface area contributed by atoms with Crippen LogP contribution in [-0.2, 0) is 4.74 Å². The Morgan fingerprint density at radius 2 is 1.73 bits per heavy atom. The summed E-state index contributed by atoms with van der Waals surface area (Å²) in [5, 5.41) is 6.03. The summed E-state index contributed by atoms with van der Waals surface area (Å²) in [6, 6.07) is 10.2. The van der Waals surface area contributed by atoms with Crippen molar-refractivity contribution >= 4 is 23.4 Å². The minimum Gasteiger partial charge on any atom is -0.379 e. The van der Waals surface area contributed by atoms with Gasteiger partial charge in [0.25, 0.3) is 11.8 Å². The second kappa shape index (κ2) is 12.8. The van der Waals surface area contributed by atoms with Gasteiger partial charge in [0.2, 0.25) is 0 Å². The van der Waals surface area contributed by atoms with Crippen molar-refractivity contribution in [3.63, 3.8) is 0 Å². The normalized spacial score (nSPS) is 18.4. The second-order valence-corrected chi connectivity index (χ2v) is 10.3. The molecule has 0 bridgehead atoms. The van der Waals surface area contributed by atoms with E-state index in [-0.39, 0.29) is 28.9 Å². The minimum atomic E-state index is -0.534. The standard InChI is InChI=1S/C28H36ClFN4O3/c1-19-17-21(27(35)31-9-12-33-13-15-37-16-14-33)3-5-24(19)20(2)34-10-7-23(8-11-34)32-28(36)22-4-6-26(30)25(29)18-22/h3-6,17-18,20,23H,7-16H2,1-2H3,(H,31,35)(H,32,36). The second-order valence-electron chi connectivity index (χ2n) is 9.87. The quantitative estimate of drug-likeness (QED) is 0.543. The Morgan fingerprint density at radius 3 is 2.41 bits per heavy atom. The van der Waals surface area contributed by atoms with Gasteiger partial charge in [0, 0.05) is 62.5 Å².